The SMILES string of the molecule is CCOC(=O)[C@@]1(NC(=O)C2(NC(=O)OC(C)(C)C)CC=CC2)C[C@@H]2ON=C(CC)[C@@H]2C1. The molecule has 2 N–H and O–H groups in total. The first-order valence-corrected chi connectivity index (χ1v) is 10.9. The minimum atomic E-state index is -1.23. The van der Waals surface area contributed by atoms with Gasteiger partial charge in [0.15, 0.2) is 0 Å². The van der Waals surface area contributed by atoms with Crippen LogP contribution in [0.4, 0.5) is 4.79 Å². The maximum Gasteiger partial charge on any atom is 0.408 e. The van der Waals surface area contributed by atoms with Gasteiger partial charge >= 0.3 is 12.1 Å². The van der Waals surface area contributed by atoms with Gasteiger partial charge in [0, 0.05) is 12.3 Å². The summed E-state index contributed by atoms with van der Waals surface area (Å²) in [7, 11) is 0. The Morgan fingerprint density at radius 2 is 1.81 bits per heavy atom. The number of carbonyl (C=O) groups excluding carboxylic acids is 3. The van der Waals surface area contributed by atoms with E-state index in [2.05, 4.69) is 15.8 Å². The molecule has 1 saturated carbocycles. The molecule has 172 valence electrons. The van der Waals surface area contributed by atoms with E-state index in [1.807, 2.05) is 19.1 Å². The van der Waals surface area contributed by atoms with Crippen LogP contribution in [0.5, 0.6) is 0 Å². The highest BCUT2D eigenvalue weighted by molar-refractivity contribution is 5.97. The summed E-state index contributed by atoms with van der Waals surface area (Å²) in [6, 6.07) is 0. The molecule has 0 saturated heterocycles. The van der Waals surface area contributed by atoms with Crippen LogP contribution in [0.2, 0.25) is 0 Å². The van der Waals surface area contributed by atoms with E-state index in [9.17, 15) is 14.4 Å². The van der Waals surface area contributed by atoms with Gasteiger partial charge in [0.25, 0.3) is 0 Å². The van der Waals surface area contributed by atoms with Gasteiger partial charge in [0.1, 0.15) is 22.8 Å². The van der Waals surface area contributed by atoms with E-state index in [4.69, 9.17) is 14.3 Å². The van der Waals surface area contributed by atoms with Crippen molar-refractivity contribution in [3.63, 3.8) is 0 Å². The summed E-state index contributed by atoms with van der Waals surface area (Å²) in [5.74, 6) is -0.979. The van der Waals surface area contributed by atoms with Crippen LogP contribution in [0, 0.1) is 5.92 Å². The van der Waals surface area contributed by atoms with Crippen LogP contribution in [0.1, 0.15) is 66.7 Å². The number of rotatable bonds is 6. The number of hydrogen-bond acceptors (Lipinski definition) is 7. The number of nitrogens with one attached hydrogen (secondary N) is 2. The lowest BCUT2D eigenvalue weighted by Gasteiger charge is -2.35. The Hall–Kier alpha value is -2.58. The topological polar surface area (TPSA) is 115 Å². The average Bonchev–Trinajstić information content (AvgIpc) is 3.35. The van der Waals surface area contributed by atoms with E-state index in [1.165, 1.54) is 0 Å². The van der Waals surface area contributed by atoms with Gasteiger partial charge in [-0.1, -0.05) is 24.2 Å². The zero-order valence-electron chi connectivity index (χ0n) is 18.9. The van der Waals surface area contributed by atoms with Gasteiger partial charge in [-0.2, -0.15) is 0 Å². The number of oxime groups is 1. The maximum atomic E-state index is 13.5. The second-order valence-electron chi connectivity index (χ2n) is 9.44. The molecule has 1 heterocycles. The molecule has 0 aromatic heterocycles. The molecule has 1 aliphatic heterocycles. The molecule has 9 nitrogen and oxygen atoms in total. The Bertz CT molecular complexity index is 792. The Kier molecular flexibility index (Phi) is 6.34. The molecule has 0 unspecified atom stereocenters. The van der Waals surface area contributed by atoms with Crippen molar-refractivity contribution in [2.75, 3.05) is 6.61 Å². The fourth-order valence-corrected chi connectivity index (χ4v) is 4.47. The zero-order chi connectivity index (χ0) is 22.9. The number of carbonyl (C=O) groups is 3. The van der Waals surface area contributed by atoms with E-state index in [-0.39, 0.29) is 25.0 Å². The molecule has 0 radical (unpaired) electrons. The number of fused-ring (bicyclic) bond motifs is 1. The summed E-state index contributed by atoms with van der Waals surface area (Å²) < 4.78 is 10.7. The monoisotopic (exact) mass is 435 g/mol. The van der Waals surface area contributed by atoms with Crippen molar-refractivity contribution in [3.8, 4) is 0 Å². The van der Waals surface area contributed by atoms with Crippen molar-refractivity contribution >= 4 is 23.7 Å². The van der Waals surface area contributed by atoms with E-state index >= 15 is 0 Å². The number of alkyl carbamates (subject to hydrolysis) is 1. The number of hydrogen-bond donors (Lipinski definition) is 2. The second-order valence-corrected chi connectivity index (χ2v) is 9.44. The maximum absolute atomic E-state index is 13.5. The molecule has 3 aliphatic rings. The molecular weight excluding hydrogens is 402 g/mol. The lowest BCUT2D eigenvalue weighted by atomic mass is 9.89. The molecule has 2 aliphatic carbocycles. The fourth-order valence-electron chi connectivity index (χ4n) is 4.47. The number of esters is 1. The van der Waals surface area contributed by atoms with Gasteiger partial charge in [-0.25, -0.2) is 9.59 Å². The summed E-state index contributed by atoms with van der Waals surface area (Å²) in [4.78, 5) is 44.5. The first kappa shape index (κ1) is 23.1. The van der Waals surface area contributed by atoms with Crippen molar-refractivity contribution in [2.24, 2.45) is 11.1 Å². The molecule has 0 aromatic carbocycles. The fraction of sp³-hybridized carbons (Fsp3) is 0.727. The Morgan fingerprint density at radius 3 is 2.39 bits per heavy atom. The average molecular weight is 436 g/mol. The van der Waals surface area contributed by atoms with Crippen molar-refractivity contribution in [2.45, 2.75) is 89.5 Å². The van der Waals surface area contributed by atoms with Crippen LogP contribution in [-0.2, 0) is 23.9 Å². The quantitative estimate of drug-likeness (QED) is 0.489. The van der Waals surface area contributed by atoms with Crippen LogP contribution in [0.25, 0.3) is 0 Å². The van der Waals surface area contributed by atoms with Gasteiger partial charge in [0.05, 0.1) is 12.3 Å². The van der Waals surface area contributed by atoms with Crippen LogP contribution < -0.4 is 10.6 Å². The lowest BCUT2D eigenvalue weighted by molar-refractivity contribution is -0.154. The Balaban J connectivity index is 1.81. The third-order valence-electron chi connectivity index (χ3n) is 5.96. The van der Waals surface area contributed by atoms with Crippen molar-refractivity contribution in [1.82, 2.24) is 10.6 Å². The van der Waals surface area contributed by atoms with Crippen molar-refractivity contribution < 1.29 is 28.7 Å². The molecule has 31 heavy (non-hydrogen) atoms. The smallest absolute Gasteiger partial charge is 0.408 e. The minimum Gasteiger partial charge on any atom is -0.464 e. The van der Waals surface area contributed by atoms with E-state index in [1.54, 1.807) is 27.7 Å². The Morgan fingerprint density at radius 1 is 1.13 bits per heavy atom. The molecule has 0 bridgehead atoms. The lowest BCUT2D eigenvalue weighted by Crippen LogP contribution is -2.64. The van der Waals surface area contributed by atoms with Crippen LogP contribution in [0.15, 0.2) is 17.3 Å². The second kappa shape index (κ2) is 8.51. The molecule has 9 heteroatoms. The molecule has 0 spiro atoms. The van der Waals surface area contributed by atoms with Crippen molar-refractivity contribution in [3.05, 3.63) is 12.2 Å². The predicted molar refractivity (Wildman–Crippen MR) is 113 cm³/mol. The van der Waals surface area contributed by atoms with E-state index < -0.39 is 34.6 Å². The van der Waals surface area contributed by atoms with Gasteiger partial charge < -0.3 is 24.9 Å². The number of nitrogens with zero attached hydrogens (tertiary/aromatic N) is 1. The summed E-state index contributed by atoms with van der Waals surface area (Å²) >= 11 is 0. The highest BCUT2D eigenvalue weighted by Gasteiger charge is 2.58. The standard InChI is InChI=1S/C22H33N3O6/c1-6-15-14-12-22(18(27)29-7-2,13-16(14)31-25-15)23-17(26)21(10-8-9-11-21)24-19(28)30-20(3,4)5/h8-9,14,16H,6-7,10-13H2,1-5H3,(H,23,26)(H,24,28)/t14-,16-,22-/m0/s1. The number of amides is 2. The molecule has 0 aromatic rings. The number of ether oxygens (including phenoxy) is 2. The third kappa shape index (κ3) is 4.70. The van der Waals surface area contributed by atoms with Crippen LogP contribution >= 0.6 is 0 Å². The van der Waals surface area contributed by atoms with Gasteiger partial charge in [0.2, 0.25) is 5.91 Å². The highest BCUT2D eigenvalue weighted by atomic mass is 16.6. The van der Waals surface area contributed by atoms with Crippen LogP contribution in [0.3, 0.4) is 0 Å². The van der Waals surface area contributed by atoms with Gasteiger partial charge in [-0.3, -0.25) is 4.79 Å². The van der Waals surface area contributed by atoms with Gasteiger partial charge in [-0.05, 0) is 53.4 Å². The van der Waals surface area contributed by atoms with Crippen LogP contribution in [-0.4, -0.2) is 53.1 Å². The molecular formula is C22H33N3O6. The summed E-state index contributed by atoms with van der Waals surface area (Å²) in [6.07, 6.45) is 4.66. The summed E-state index contributed by atoms with van der Waals surface area (Å²) in [5, 5.41) is 9.80. The molecule has 3 atom stereocenters. The highest BCUT2D eigenvalue weighted by Crippen LogP contribution is 2.43. The normalized spacial score (nSPS) is 28.4. The van der Waals surface area contributed by atoms with Gasteiger partial charge in [-0.15, -0.1) is 0 Å². The van der Waals surface area contributed by atoms with E-state index in [0.717, 1.165) is 5.71 Å². The summed E-state index contributed by atoms with van der Waals surface area (Å²) in [5.41, 5.74) is -2.27. The van der Waals surface area contributed by atoms with Crippen molar-refractivity contribution in [1.29, 1.82) is 0 Å². The minimum absolute atomic E-state index is 0.0498. The third-order valence-corrected chi connectivity index (χ3v) is 5.96. The predicted octanol–water partition coefficient (Wildman–Crippen LogP) is 2.59. The molecule has 2 amide bonds. The molecule has 1 fully saturated rings. The largest absolute Gasteiger partial charge is 0.464 e. The first-order valence-electron chi connectivity index (χ1n) is 10.9. The Labute approximate surface area is 182 Å². The molecule has 3 rings (SSSR count). The van der Waals surface area contributed by atoms with E-state index in [0.29, 0.717) is 25.7 Å². The zero-order valence-corrected chi connectivity index (χ0v) is 18.9. The summed E-state index contributed by atoms with van der Waals surface area (Å²) in [6.45, 7) is 9.18. The first-order chi connectivity index (χ1) is 14.5.